The van der Waals surface area contributed by atoms with Crippen LogP contribution < -0.4 is 11.1 Å². The molecule has 1 aromatic heterocycles. The first-order valence-electron chi connectivity index (χ1n) is 5.87. The molecule has 1 saturated heterocycles. The van der Waals surface area contributed by atoms with Crippen LogP contribution in [0.4, 0.5) is 0 Å². The molecule has 0 atom stereocenters. The highest BCUT2D eigenvalue weighted by molar-refractivity contribution is 5.75. The Labute approximate surface area is 100 Å². The van der Waals surface area contributed by atoms with Crippen LogP contribution in [-0.2, 0) is 11.3 Å². The Morgan fingerprint density at radius 3 is 2.94 bits per heavy atom. The Balaban J connectivity index is 1.98. The average molecular weight is 238 g/mol. The van der Waals surface area contributed by atoms with Gasteiger partial charge in [-0.05, 0) is 25.9 Å². The van der Waals surface area contributed by atoms with E-state index in [4.69, 9.17) is 10.3 Å². The van der Waals surface area contributed by atoms with Crippen LogP contribution >= 0.6 is 0 Å². The summed E-state index contributed by atoms with van der Waals surface area (Å²) in [4.78, 5) is 13.2. The van der Waals surface area contributed by atoms with Gasteiger partial charge in [-0.15, -0.1) is 0 Å². The molecule has 3 N–H and O–H groups in total. The fraction of sp³-hybridized carbons (Fsp3) is 0.636. The van der Waals surface area contributed by atoms with E-state index in [1.165, 1.54) is 0 Å². The van der Waals surface area contributed by atoms with Gasteiger partial charge in [-0.3, -0.25) is 9.69 Å². The number of carbonyl (C=O) groups is 1. The maximum atomic E-state index is 11.1. The second-order valence-electron chi connectivity index (χ2n) is 4.39. The van der Waals surface area contributed by atoms with Gasteiger partial charge in [0.2, 0.25) is 5.91 Å². The molecule has 0 aromatic carbocycles. The van der Waals surface area contributed by atoms with Gasteiger partial charge in [0.05, 0.1) is 12.7 Å². The molecule has 1 aliphatic rings. The first kappa shape index (κ1) is 12.1. The number of carbonyl (C=O) groups excluding carboxylic acids is 1. The smallest absolute Gasteiger partial charge is 0.231 e. The van der Waals surface area contributed by atoms with Gasteiger partial charge in [0.15, 0.2) is 0 Å². The third kappa shape index (κ3) is 3.54. The van der Waals surface area contributed by atoms with Crippen molar-refractivity contribution >= 4 is 5.91 Å². The molecule has 17 heavy (non-hydrogen) atoms. The van der Waals surface area contributed by atoms with Gasteiger partial charge in [0, 0.05) is 18.2 Å². The monoisotopic (exact) mass is 238 g/mol. The molecule has 2 heterocycles. The minimum Gasteiger partial charge on any atom is -0.369 e. The SMILES string of the molecule is NC(=O)CN(Cc1cnoc1)C1CCNCC1. The molecular weight excluding hydrogens is 220 g/mol. The number of nitrogens with two attached hydrogens (primary N) is 1. The van der Waals surface area contributed by atoms with Crippen molar-refractivity contribution in [1.29, 1.82) is 0 Å². The van der Waals surface area contributed by atoms with E-state index in [1.807, 2.05) is 0 Å². The molecule has 1 fully saturated rings. The number of aromatic nitrogens is 1. The van der Waals surface area contributed by atoms with Gasteiger partial charge in [0.25, 0.3) is 0 Å². The number of nitrogens with zero attached hydrogens (tertiary/aromatic N) is 2. The fourth-order valence-electron chi connectivity index (χ4n) is 2.23. The summed E-state index contributed by atoms with van der Waals surface area (Å²) in [6.07, 6.45) is 5.36. The molecule has 0 spiro atoms. The van der Waals surface area contributed by atoms with Gasteiger partial charge < -0.3 is 15.6 Å². The van der Waals surface area contributed by atoms with Crippen molar-refractivity contribution in [2.75, 3.05) is 19.6 Å². The van der Waals surface area contributed by atoms with Crippen LogP contribution in [0.15, 0.2) is 17.0 Å². The van der Waals surface area contributed by atoms with Crippen LogP contribution in [-0.4, -0.2) is 41.6 Å². The van der Waals surface area contributed by atoms with Gasteiger partial charge in [-0.25, -0.2) is 0 Å². The Bertz CT molecular complexity index is 346. The zero-order valence-corrected chi connectivity index (χ0v) is 9.76. The summed E-state index contributed by atoms with van der Waals surface area (Å²) < 4.78 is 4.80. The lowest BCUT2D eigenvalue weighted by Gasteiger charge is -2.33. The summed E-state index contributed by atoms with van der Waals surface area (Å²) >= 11 is 0. The van der Waals surface area contributed by atoms with Crippen molar-refractivity contribution < 1.29 is 9.32 Å². The number of hydrogen-bond donors (Lipinski definition) is 2. The summed E-state index contributed by atoms with van der Waals surface area (Å²) in [6, 6.07) is 0.402. The molecule has 0 aliphatic carbocycles. The molecule has 1 aromatic rings. The number of amides is 1. The predicted molar refractivity (Wildman–Crippen MR) is 62.0 cm³/mol. The highest BCUT2D eigenvalue weighted by Gasteiger charge is 2.22. The van der Waals surface area contributed by atoms with E-state index in [-0.39, 0.29) is 12.5 Å². The molecule has 1 amide bonds. The highest BCUT2D eigenvalue weighted by Crippen LogP contribution is 2.14. The first-order chi connectivity index (χ1) is 8.25. The van der Waals surface area contributed by atoms with Crippen LogP contribution in [0, 0.1) is 0 Å². The Hall–Kier alpha value is -1.40. The molecule has 0 saturated carbocycles. The third-order valence-corrected chi connectivity index (χ3v) is 3.05. The topological polar surface area (TPSA) is 84.4 Å². The van der Waals surface area contributed by atoms with E-state index in [2.05, 4.69) is 15.4 Å². The van der Waals surface area contributed by atoms with Crippen molar-refractivity contribution in [2.24, 2.45) is 5.73 Å². The zero-order valence-electron chi connectivity index (χ0n) is 9.76. The van der Waals surface area contributed by atoms with Gasteiger partial charge in [0.1, 0.15) is 6.26 Å². The average Bonchev–Trinajstić information content (AvgIpc) is 2.82. The van der Waals surface area contributed by atoms with E-state index in [9.17, 15) is 4.79 Å². The second-order valence-corrected chi connectivity index (χ2v) is 4.39. The Morgan fingerprint density at radius 1 is 1.59 bits per heavy atom. The van der Waals surface area contributed by atoms with E-state index in [0.717, 1.165) is 31.5 Å². The lowest BCUT2D eigenvalue weighted by Crippen LogP contribution is -2.46. The summed E-state index contributed by atoms with van der Waals surface area (Å²) in [6.45, 7) is 2.93. The van der Waals surface area contributed by atoms with E-state index >= 15 is 0 Å². The summed E-state index contributed by atoms with van der Waals surface area (Å²) in [5.41, 5.74) is 6.27. The molecule has 0 radical (unpaired) electrons. The largest absolute Gasteiger partial charge is 0.369 e. The summed E-state index contributed by atoms with van der Waals surface area (Å²) in [7, 11) is 0. The number of rotatable bonds is 5. The summed E-state index contributed by atoms with van der Waals surface area (Å²) in [5.74, 6) is -0.292. The van der Waals surface area contributed by atoms with Crippen molar-refractivity contribution in [3.8, 4) is 0 Å². The molecule has 6 heteroatoms. The summed E-state index contributed by atoms with van der Waals surface area (Å²) in [5, 5.41) is 6.98. The Kier molecular flexibility index (Phi) is 4.11. The van der Waals surface area contributed by atoms with Crippen molar-refractivity contribution in [3.63, 3.8) is 0 Å². The second kappa shape index (κ2) is 5.79. The van der Waals surface area contributed by atoms with Gasteiger partial charge in [-0.1, -0.05) is 5.16 Å². The fourth-order valence-corrected chi connectivity index (χ4v) is 2.23. The minimum absolute atomic E-state index is 0.288. The van der Waals surface area contributed by atoms with E-state index in [1.54, 1.807) is 12.5 Å². The number of hydrogen-bond acceptors (Lipinski definition) is 5. The zero-order chi connectivity index (χ0) is 12.1. The van der Waals surface area contributed by atoms with E-state index in [0.29, 0.717) is 12.6 Å². The molecule has 1 aliphatic heterocycles. The molecule has 2 rings (SSSR count). The third-order valence-electron chi connectivity index (χ3n) is 3.05. The van der Waals surface area contributed by atoms with Crippen LogP contribution in [0.25, 0.3) is 0 Å². The molecule has 94 valence electrons. The van der Waals surface area contributed by atoms with Crippen molar-refractivity contribution in [1.82, 2.24) is 15.4 Å². The maximum Gasteiger partial charge on any atom is 0.231 e. The molecular formula is C11H18N4O2. The maximum absolute atomic E-state index is 11.1. The van der Waals surface area contributed by atoms with Gasteiger partial charge >= 0.3 is 0 Å². The molecule has 6 nitrogen and oxygen atoms in total. The van der Waals surface area contributed by atoms with Crippen LogP contribution in [0.2, 0.25) is 0 Å². The highest BCUT2D eigenvalue weighted by atomic mass is 16.5. The lowest BCUT2D eigenvalue weighted by molar-refractivity contribution is -0.120. The van der Waals surface area contributed by atoms with E-state index < -0.39 is 0 Å². The number of piperidine rings is 1. The number of primary amides is 1. The predicted octanol–water partition coefficient (Wildman–Crippen LogP) is -0.286. The van der Waals surface area contributed by atoms with Crippen LogP contribution in [0.1, 0.15) is 18.4 Å². The lowest BCUT2D eigenvalue weighted by atomic mass is 10.0. The Morgan fingerprint density at radius 2 is 2.35 bits per heavy atom. The van der Waals surface area contributed by atoms with Crippen LogP contribution in [0.5, 0.6) is 0 Å². The van der Waals surface area contributed by atoms with Gasteiger partial charge in [-0.2, -0.15) is 0 Å². The number of nitrogens with one attached hydrogen (secondary N) is 1. The van der Waals surface area contributed by atoms with Crippen molar-refractivity contribution in [3.05, 3.63) is 18.0 Å². The standard InChI is InChI=1S/C11H18N4O2/c12-11(16)7-15(6-9-5-14-17-8-9)10-1-3-13-4-2-10/h5,8,10,13H,1-4,6-7H2,(H2,12,16). The normalized spacial score (nSPS) is 17.5. The molecule has 0 bridgehead atoms. The quantitative estimate of drug-likeness (QED) is 0.736. The molecule has 0 unspecified atom stereocenters. The minimum atomic E-state index is -0.292. The first-order valence-corrected chi connectivity index (χ1v) is 5.87. The van der Waals surface area contributed by atoms with Crippen molar-refractivity contribution in [2.45, 2.75) is 25.4 Å². The van der Waals surface area contributed by atoms with Crippen LogP contribution in [0.3, 0.4) is 0 Å².